The molecular formula is C8H13NO5. The molecule has 0 saturated heterocycles. The maximum atomic E-state index is 11.1. The van der Waals surface area contributed by atoms with Gasteiger partial charge in [-0.05, 0) is 13.8 Å². The van der Waals surface area contributed by atoms with E-state index in [0.717, 1.165) is 7.05 Å². The minimum absolute atomic E-state index is 0.0846. The number of amides is 2. The predicted molar refractivity (Wildman–Crippen MR) is 46.4 cm³/mol. The van der Waals surface area contributed by atoms with Crippen LogP contribution in [-0.4, -0.2) is 43.1 Å². The van der Waals surface area contributed by atoms with Crippen molar-refractivity contribution in [2.75, 3.05) is 20.3 Å². The fourth-order valence-electron chi connectivity index (χ4n) is 0.633. The molecule has 0 fully saturated rings. The highest BCUT2D eigenvalue weighted by Crippen LogP contribution is 1.93. The maximum absolute atomic E-state index is 11.1. The highest BCUT2D eigenvalue weighted by Gasteiger charge is 2.25. The average molecular weight is 203 g/mol. The number of rotatable bonds is 2. The van der Waals surface area contributed by atoms with Crippen LogP contribution in [0.5, 0.6) is 0 Å². The van der Waals surface area contributed by atoms with Gasteiger partial charge < -0.3 is 9.47 Å². The van der Waals surface area contributed by atoms with Crippen molar-refractivity contribution in [1.82, 2.24) is 4.90 Å². The van der Waals surface area contributed by atoms with Crippen molar-refractivity contribution in [2.24, 2.45) is 0 Å². The number of imide groups is 1. The molecule has 0 bridgehead atoms. The first kappa shape index (κ1) is 12.4. The summed E-state index contributed by atoms with van der Waals surface area (Å²) < 4.78 is 8.93. The molecule has 0 atom stereocenters. The Labute approximate surface area is 81.8 Å². The van der Waals surface area contributed by atoms with Gasteiger partial charge in [-0.25, -0.2) is 14.5 Å². The third-order valence-electron chi connectivity index (χ3n) is 1.30. The minimum atomic E-state index is -1.07. The Morgan fingerprint density at radius 1 is 1.07 bits per heavy atom. The lowest BCUT2D eigenvalue weighted by molar-refractivity contribution is -0.158. The zero-order valence-corrected chi connectivity index (χ0v) is 8.40. The summed E-state index contributed by atoms with van der Waals surface area (Å²) in [6, 6.07) is 0. The summed E-state index contributed by atoms with van der Waals surface area (Å²) in [5.41, 5.74) is 0. The number of nitrogens with zero attached hydrogens (tertiary/aromatic N) is 1. The van der Waals surface area contributed by atoms with Crippen LogP contribution in [0.15, 0.2) is 0 Å². The Balaban J connectivity index is 4.24. The number of carbonyl (C=O) groups is 3. The Bertz CT molecular complexity index is 238. The summed E-state index contributed by atoms with van der Waals surface area (Å²) >= 11 is 0. The van der Waals surface area contributed by atoms with Crippen LogP contribution in [0.1, 0.15) is 13.8 Å². The van der Waals surface area contributed by atoms with Gasteiger partial charge in [-0.1, -0.05) is 0 Å². The van der Waals surface area contributed by atoms with Crippen molar-refractivity contribution in [3.63, 3.8) is 0 Å². The average Bonchev–Trinajstić information content (AvgIpc) is 2.16. The Morgan fingerprint density at radius 2 is 1.57 bits per heavy atom. The molecule has 6 heteroatoms. The van der Waals surface area contributed by atoms with Gasteiger partial charge in [0.25, 0.3) is 0 Å². The first-order valence-electron chi connectivity index (χ1n) is 4.16. The Kier molecular flexibility index (Phi) is 5.28. The van der Waals surface area contributed by atoms with Crippen LogP contribution in [0.2, 0.25) is 0 Å². The fraction of sp³-hybridized carbons (Fsp3) is 0.625. The summed E-state index contributed by atoms with van der Waals surface area (Å²) in [7, 11) is 1.15. The number of likely N-dealkylation sites (N-methyl/N-ethyl adjacent to an activating group) is 1. The van der Waals surface area contributed by atoms with Crippen LogP contribution in [0, 0.1) is 0 Å². The number of carbonyl (C=O) groups excluding carboxylic acids is 3. The van der Waals surface area contributed by atoms with Gasteiger partial charge in [0.1, 0.15) is 0 Å². The lowest BCUT2D eigenvalue weighted by atomic mass is 10.5. The predicted octanol–water partition coefficient (Wildman–Crippen LogP) is 0.164. The highest BCUT2D eigenvalue weighted by atomic mass is 16.6. The van der Waals surface area contributed by atoms with E-state index in [-0.39, 0.29) is 13.2 Å². The molecule has 0 spiro atoms. The molecule has 0 N–H and O–H groups in total. The van der Waals surface area contributed by atoms with Crippen LogP contribution < -0.4 is 0 Å². The molecule has 0 aliphatic heterocycles. The Hall–Kier alpha value is -1.59. The topological polar surface area (TPSA) is 72.9 Å². The second-order valence-electron chi connectivity index (χ2n) is 2.28. The van der Waals surface area contributed by atoms with Crippen molar-refractivity contribution >= 4 is 18.0 Å². The van der Waals surface area contributed by atoms with Crippen molar-refractivity contribution in [3.8, 4) is 0 Å². The highest BCUT2D eigenvalue weighted by molar-refractivity contribution is 6.34. The Morgan fingerprint density at radius 3 is 2.00 bits per heavy atom. The smallest absolute Gasteiger partial charge is 0.416 e. The van der Waals surface area contributed by atoms with Crippen LogP contribution in [0.4, 0.5) is 4.79 Å². The minimum Gasteiger partial charge on any atom is -0.459 e. The van der Waals surface area contributed by atoms with Crippen LogP contribution in [-0.2, 0) is 19.1 Å². The largest absolute Gasteiger partial charge is 0.459 e. The second-order valence-corrected chi connectivity index (χ2v) is 2.28. The fourth-order valence-corrected chi connectivity index (χ4v) is 0.633. The molecule has 14 heavy (non-hydrogen) atoms. The van der Waals surface area contributed by atoms with Gasteiger partial charge in [-0.15, -0.1) is 0 Å². The van der Waals surface area contributed by atoms with Crippen LogP contribution in [0.3, 0.4) is 0 Å². The van der Waals surface area contributed by atoms with E-state index >= 15 is 0 Å². The van der Waals surface area contributed by atoms with E-state index in [1.54, 1.807) is 13.8 Å². The molecule has 0 aromatic carbocycles. The first-order chi connectivity index (χ1) is 6.54. The quantitative estimate of drug-likeness (QED) is 0.472. The van der Waals surface area contributed by atoms with Gasteiger partial charge in [0, 0.05) is 7.05 Å². The number of esters is 1. The van der Waals surface area contributed by atoms with E-state index in [1.807, 2.05) is 0 Å². The van der Waals surface area contributed by atoms with Gasteiger partial charge in [-0.2, -0.15) is 0 Å². The molecule has 0 aromatic rings. The van der Waals surface area contributed by atoms with Crippen LogP contribution >= 0.6 is 0 Å². The molecule has 6 nitrogen and oxygen atoms in total. The molecule has 0 aliphatic rings. The normalized spacial score (nSPS) is 9.07. The summed E-state index contributed by atoms with van der Waals surface area (Å²) in [6.45, 7) is 3.39. The summed E-state index contributed by atoms with van der Waals surface area (Å²) in [6.07, 6.45) is -0.870. The second kappa shape index (κ2) is 5.95. The summed E-state index contributed by atoms with van der Waals surface area (Å²) in [4.78, 5) is 33.5. The molecule has 80 valence electrons. The van der Waals surface area contributed by atoms with Gasteiger partial charge in [0.2, 0.25) is 0 Å². The van der Waals surface area contributed by atoms with E-state index in [9.17, 15) is 14.4 Å². The molecule has 2 amide bonds. The third-order valence-corrected chi connectivity index (χ3v) is 1.30. The van der Waals surface area contributed by atoms with E-state index in [4.69, 9.17) is 0 Å². The van der Waals surface area contributed by atoms with Crippen molar-refractivity contribution < 1.29 is 23.9 Å². The summed E-state index contributed by atoms with van der Waals surface area (Å²) in [5.74, 6) is -2.10. The van der Waals surface area contributed by atoms with Gasteiger partial charge in [0.15, 0.2) is 0 Å². The molecule has 0 radical (unpaired) electrons. The van der Waals surface area contributed by atoms with Crippen molar-refractivity contribution in [2.45, 2.75) is 13.8 Å². The van der Waals surface area contributed by atoms with Gasteiger partial charge in [0.05, 0.1) is 13.2 Å². The van der Waals surface area contributed by atoms with E-state index in [0.29, 0.717) is 4.90 Å². The monoisotopic (exact) mass is 203 g/mol. The maximum Gasteiger partial charge on any atom is 0.416 e. The number of hydrogen-bond acceptors (Lipinski definition) is 5. The van der Waals surface area contributed by atoms with Gasteiger partial charge >= 0.3 is 18.0 Å². The molecule has 0 saturated carbocycles. The van der Waals surface area contributed by atoms with Crippen molar-refractivity contribution in [1.29, 1.82) is 0 Å². The number of hydrogen-bond donors (Lipinski definition) is 0. The molecule has 0 rings (SSSR count). The lowest BCUT2D eigenvalue weighted by Crippen LogP contribution is -2.39. The number of ether oxygens (including phenoxy) is 2. The van der Waals surface area contributed by atoms with E-state index in [1.165, 1.54) is 0 Å². The first-order valence-corrected chi connectivity index (χ1v) is 4.16. The molecule has 0 unspecified atom stereocenters. The zero-order chi connectivity index (χ0) is 11.1. The van der Waals surface area contributed by atoms with Crippen molar-refractivity contribution in [3.05, 3.63) is 0 Å². The molecule has 0 aromatic heterocycles. The standard InChI is InChI=1S/C8H13NO5/c1-4-13-7(11)6(10)9(3)8(12)14-5-2/h4-5H2,1-3H3. The molecule has 0 heterocycles. The van der Waals surface area contributed by atoms with E-state index < -0.39 is 18.0 Å². The van der Waals surface area contributed by atoms with Gasteiger partial charge in [-0.3, -0.25) is 4.79 Å². The lowest BCUT2D eigenvalue weighted by Gasteiger charge is -2.12. The summed E-state index contributed by atoms with van der Waals surface area (Å²) in [5, 5.41) is 0. The molecular weight excluding hydrogens is 190 g/mol. The molecule has 0 aliphatic carbocycles. The van der Waals surface area contributed by atoms with E-state index in [2.05, 4.69) is 9.47 Å². The zero-order valence-electron chi connectivity index (χ0n) is 8.40. The SMILES string of the molecule is CCOC(=O)C(=O)N(C)C(=O)OCC. The van der Waals surface area contributed by atoms with Crippen LogP contribution in [0.25, 0.3) is 0 Å². The third kappa shape index (κ3) is 3.42.